The monoisotopic (exact) mass is 274 g/mol. The van der Waals surface area contributed by atoms with Crippen molar-refractivity contribution in [2.24, 2.45) is 22.6 Å². The van der Waals surface area contributed by atoms with E-state index >= 15 is 0 Å². The lowest BCUT2D eigenvalue weighted by atomic mass is 9.85. The maximum atomic E-state index is 11.2. The molecule has 3 N–H and O–H groups in total. The fraction of sp³-hybridized carbons (Fsp3) is 0.909. The van der Waals surface area contributed by atoms with Gasteiger partial charge in [-0.15, -0.1) is 0 Å². The van der Waals surface area contributed by atoms with Crippen molar-refractivity contribution >= 4 is 16.0 Å². The van der Waals surface area contributed by atoms with E-state index in [1.54, 1.807) is 0 Å². The number of nitrogens with two attached hydrogens (primary N) is 1. The molecule has 2 rings (SSSR count). The van der Waals surface area contributed by atoms with Crippen LogP contribution in [0.3, 0.4) is 0 Å². The van der Waals surface area contributed by atoms with Gasteiger partial charge in [0.2, 0.25) is 10.0 Å². The molecule has 104 valence electrons. The number of sulfonamides is 1. The van der Waals surface area contributed by atoms with Gasteiger partial charge in [0, 0.05) is 32.1 Å². The molecule has 0 unspecified atom stereocenters. The molecule has 0 aromatic rings. The average molecular weight is 274 g/mol. The van der Waals surface area contributed by atoms with Crippen LogP contribution >= 0.6 is 0 Å². The second-order valence-corrected chi connectivity index (χ2v) is 7.33. The Kier molecular flexibility index (Phi) is 4.11. The van der Waals surface area contributed by atoms with Crippen LogP contribution in [0, 0.1) is 11.8 Å². The van der Waals surface area contributed by atoms with E-state index in [-0.39, 0.29) is 0 Å². The van der Waals surface area contributed by atoms with Gasteiger partial charge in [-0.1, -0.05) is 6.42 Å². The van der Waals surface area contributed by atoms with Crippen LogP contribution in [0.25, 0.3) is 0 Å². The first-order valence-electron chi connectivity index (χ1n) is 6.44. The summed E-state index contributed by atoms with van der Waals surface area (Å²) in [5.74, 6) is 1.55. The molecule has 6 nitrogen and oxygen atoms in total. The Bertz CT molecular complexity index is 411. The summed E-state index contributed by atoms with van der Waals surface area (Å²) < 4.78 is 23.8. The maximum Gasteiger partial charge on any atom is 0.211 e. The van der Waals surface area contributed by atoms with Gasteiger partial charge in [-0.3, -0.25) is 4.99 Å². The van der Waals surface area contributed by atoms with Crippen LogP contribution in [0.15, 0.2) is 4.99 Å². The number of rotatable bonds is 5. The quantitative estimate of drug-likeness (QED) is 0.526. The van der Waals surface area contributed by atoms with Gasteiger partial charge in [0.25, 0.3) is 0 Å². The molecule has 0 atom stereocenters. The predicted molar refractivity (Wildman–Crippen MR) is 71.7 cm³/mol. The zero-order chi connectivity index (χ0) is 13.2. The molecular formula is C11H22N4O2S. The largest absolute Gasteiger partial charge is 0.370 e. The SMILES string of the molecule is CS(=O)(=O)N1CC(CN=C(N)NCC2CCC2)C1. The van der Waals surface area contributed by atoms with Gasteiger partial charge >= 0.3 is 0 Å². The summed E-state index contributed by atoms with van der Waals surface area (Å²) >= 11 is 0. The minimum absolute atomic E-state index is 0.309. The Morgan fingerprint density at radius 3 is 2.56 bits per heavy atom. The van der Waals surface area contributed by atoms with Crippen molar-refractivity contribution in [1.29, 1.82) is 0 Å². The molecule has 0 radical (unpaired) electrons. The zero-order valence-electron chi connectivity index (χ0n) is 10.8. The van der Waals surface area contributed by atoms with Crippen molar-refractivity contribution in [2.45, 2.75) is 19.3 Å². The topological polar surface area (TPSA) is 87.8 Å². The number of hydrogen-bond donors (Lipinski definition) is 2. The Morgan fingerprint density at radius 2 is 2.06 bits per heavy atom. The van der Waals surface area contributed by atoms with Crippen LogP contribution in [-0.2, 0) is 10.0 Å². The maximum absolute atomic E-state index is 11.2. The predicted octanol–water partition coefficient (Wildman–Crippen LogP) is -0.418. The lowest BCUT2D eigenvalue weighted by Crippen LogP contribution is -2.50. The molecule has 0 aromatic carbocycles. The van der Waals surface area contributed by atoms with Gasteiger partial charge in [-0.05, 0) is 18.8 Å². The van der Waals surface area contributed by atoms with Gasteiger partial charge in [-0.2, -0.15) is 0 Å². The second kappa shape index (κ2) is 5.44. The summed E-state index contributed by atoms with van der Waals surface area (Å²) in [5, 5.41) is 3.13. The minimum atomic E-state index is -3.02. The Labute approximate surface area is 109 Å². The molecule has 1 aliphatic carbocycles. The van der Waals surface area contributed by atoms with Crippen molar-refractivity contribution < 1.29 is 8.42 Å². The summed E-state index contributed by atoms with van der Waals surface area (Å²) in [6.07, 6.45) is 5.13. The highest BCUT2D eigenvalue weighted by molar-refractivity contribution is 7.88. The molecule has 1 saturated heterocycles. The number of aliphatic imine (C=N–C) groups is 1. The fourth-order valence-corrected chi connectivity index (χ4v) is 3.10. The minimum Gasteiger partial charge on any atom is -0.370 e. The standard InChI is InChI=1S/C11H22N4O2S/c1-18(16,17)15-7-10(8-15)6-14-11(12)13-5-9-3-2-4-9/h9-10H,2-8H2,1H3,(H3,12,13,14). The van der Waals surface area contributed by atoms with Gasteiger partial charge in [-0.25, -0.2) is 12.7 Å². The van der Waals surface area contributed by atoms with E-state index in [1.807, 2.05) is 0 Å². The molecule has 1 saturated carbocycles. The molecule has 1 aliphatic heterocycles. The molecule has 0 aromatic heterocycles. The van der Waals surface area contributed by atoms with Crippen LogP contribution in [-0.4, -0.2) is 51.1 Å². The summed E-state index contributed by atoms with van der Waals surface area (Å²) in [5.41, 5.74) is 5.76. The first kappa shape index (κ1) is 13.6. The van der Waals surface area contributed by atoms with Crippen molar-refractivity contribution in [3.63, 3.8) is 0 Å². The highest BCUT2D eigenvalue weighted by Crippen LogP contribution is 2.25. The van der Waals surface area contributed by atoms with Crippen molar-refractivity contribution in [2.75, 3.05) is 32.4 Å². The molecule has 2 aliphatic rings. The normalized spacial score (nSPS) is 23.5. The third-order valence-corrected chi connectivity index (χ3v) is 4.95. The molecule has 1 heterocycles. The van der Waals surface area contributed by atoms with E-state index in [4.69, 9.17) is 5.73 Å². The summed E-state index contributed by atoms with van der Waals surface area (Å²) in [6.45, 7) is 2.65. The average Bonchev–Trinajstić information content (AvgIpc) is 2.10. The van der Waals surface area contributed by atoms with E-state index in [0.29, 0.717) is 31.5 Å². The van der Waals surface area contributed by atoms with E-state index < -0.39 is 10.0 Å². The van der Waals surface area contributed by atoms with Crippen LogP contribution in [0.2, 0.25) is 0 Å². The van der Waals surface area contributed by atoms with Crippen LogP contribution < -0.4 is 11.1 Å². The first-order chi connectivity index (χ1) is 8.45. The highest BCUT2D eigenvalue weighted by Gasteiger charge is 2.32. The first-order valence-corrected chi connectivity index (χ1v) is 8.29. The smallest absolute Gasteiger partial charge is 0.211 e. The van der Waals surface area contributed by atoms with Gasteiger partial charge in [0.15, 0.2) is 5.96 Å². The molecule has 0 bridgehead atoms. The highest BCUT2D eigenvalue weighted by atomic mass is 32.2. The fourth-order valence-electron chi connectivity index (χ4n) is 2.14. The van der Waals surface area contributed by atoms with E-state index in [0.717, 1.165) is 12.5 Å². The van der Waals surface area contributed by atoms with Crippen LogP contribution in [0.5, 0.6) is 0 Å². The Hall–Kier alpha value is -0.820. The summed E-state index contributed by atoms with van der Waals surface area (Å²) in [6, 6.07) is 0. The van der Waals surface area contributed by atoms with Crippen LogP contribution in [0.1, 0.15) is 19.3 Å². The van der Waals surface area contributed by atoms with E-state index in [2.05, 4.69) is 10.3 Å². The number of hydrogen-bond acceptors (Lipinski definition) is 3. The summed E-state index contributed by atoms with van der Waals surface area (Å²) in [4.78, 5) is 4.25. The molecule has 0 spiro atoms. The molecule has 18 heavy (non-hydrogen) atoms. The molecule has 2 fully saturated rings. The number of guanidine groups is 1. The number of nitrogens with zero attached hydrogens (tertiary/aromatic N) is 2. The number of nitrogens with one attached hydrogen (secondary N) is 1. The van der Waals surface area contributed by atoms with E-state index in [9.17, 15) is 8.42 Å². The Morgan fingerprint density at radius 1 is 1.39 bits per heavy atom. The Balaban J connectivity index is 1.62. The van der Waals surface area contributed by atoms with Crippen molar-refractivity contribution in [1.82, 2.24) is 9.62 Å². The van der Waals surface area contributed by atoms with Crippen molar-refractivity contribution in [3.05, 3.63) is 0 Å². The molecule has 7 heteroatoms. The van der Waals surface area contributed by atoms with E-state index in [1.165, 1.54) is 29.8 Å². The molecular weight excluding hydrogens is 252 g/mol. The van der Waals surface area contributed by atoms with Gasteiger partial charge < -0.3 is 11.1 Å². The lowest BCUT2D eigenvalue weighted by Gasteiger charge is -2.36. The third-order valence-electron chi connectivity index (χ3n) is 3.71. The van der Waals surface area contributed by atoms with Crippen LogP contribution in [0.4, 0.5) is 0 Å². The van der Waals surface area contributed by atoms with Gasteiger partial charge in [0.1, 0.15) is 0 Å². The summed E-state index contributed by atoms with van der Waals surface area (Å²) in [7, 11) is -3.02. The van der Waals surface area contributed by atoms with Crippen molar-refractivity contribution in [3.8, 4) is 0 Å². The third kappa shape index (κ3) is 3.58. The lowest BCUT2D eigenvalue weighted by molar-refractivity contribution is 0.209. The van der Waals surface area contributed by atoms with Gasteiger partial charge in [0.05, 0.1) is 6.26 Å². The second-order valence-electron chi connectivity index (χ2n) is 5.35. The molecule has 0 amide bonds. The zero-order valence-corrected chi connectivity index (χ0v) is 11.6.